The summed E-state index contributed by atoms with van der Waals surface area (Å²) < 4.78 is 3.72. The van der Waals surface area contributed by atoms with Crippen LogP contribution < -0.4 is 0 Å². The Labute approximate surface area is 73.7 Å². The van der Waals surface area contributed by atoms with Gasteiger partial charge in [0.2, 0.25) is 0 Å². The van der Waals surface area contributed by atoms with E-state index >= 15 is 0 Å². The fourth-order valence-corrected chi connectivity index (χ4v) is 1.38. The van der Waals surface area contributed by atoms with Crippen LogP contribution in [0.5, 0.6) is 0 Å². The highest BCUT2D eigenvalue weighted by molar-refractivity contribution is 7.06. The molecule has 64 valence electrons. The maximum absolute atomic E-state index is 10.2. The average Bonchev–Trinajstić information content (AvgIpc) is 2.47. The minimum Gasteiger partial charge on any atom is -0.478 e. The molecule has 0 bridgehead atoms. The van der Waals surface area contributed by atoms with Crippen molar-refractivity contribution in [2.24, 2.45) is 0 Å². The smallest absolute Gasteiger partial charge is 0.328 e. The number of nitrogens with zero attached hydrogens (tertiary/aromatic N) is 2. The molecule has 0 fully saturated rings. The van der Waals surface area contributed by atoms with Crippen molar-refractivity contribution in [1.82, 2.24) is 9.59 Å². The van der Waals surface area contributed by atoms with Gasteiger partial charge < -0.3 is 5.11 Å². The maximum Gasteiger partial charge on any atom is 0.328 e. The third-order valence-corrected chi connectivity index (χ3v) is 2.03. The van der Waals surface area contributed by atoms with Gasteiger partial charge in [0.25, 0.3) is 0 Å². The monoisotopic (exact) mass is 184 g/mol. The van der Waals surface area contributed by atoms with Crippen LogP contribution >= 0.6 is 11.5 Å². The molecular weight excluding hydrogens is 176 g/mol. The summed E-state index contributed by atoms with van der Waals surface area (Å²) in [5, 5.41) is 12.2. The van der Waals surface area contributed by atoms with Gasteiger partial charge in [0.1, 0.15) is 0 Å². The van der Waals surface area contributed by atoms with E-state index in [9.17, 15) is 4.79 Å². The molecule has 0 atom stereocenters. The predicted molar refractivity (Wildman–Crippen MR) is 46.0 cm³/mol. The molecule has 0 amide bonds. The number of aliphatic carboxylic acids is 1. The Balaban J connectivity index is 2.81. The number of rotatable bonds is 3. The minimum atomic E-state index is -0.953. The van der Waals surface area contributed by atoms with Crippen molar-refractivity contribution in [2.75, 3.05) is 0 Å². The summed E-state index contributed by atoms with van der Waals surface area (Å²) >= 11 is 1.20. The molecule has 12 heavy (non-hydrogen) atoms. The van der Waals surface area contributed by atoms with Gasteiger partial charge in [0.15, 0.2) is 0 Å². The van der Waals surface area contributed by atoms with Gasteiger partial charge >= 0.3 is 5.97 Å². The van der Waals surface area contributed by atoms with E-state index in [0.29, 0.717) is 0 Å². The number of aryl methyl sites for hydroxylation is 1. The average molecular weight is 184 g/mol. The third kappa shape index (κ3) is 2.13. The lowest BCUT2D eigenvalue weighted by molar-refractivity contribution is -0.131. The predicted octanol–water partition coefficient (Wildman–Crippen LogP) is 1.20. The van der Waals surface area contributed by atoms with Gasteiger partial charge in [-0.25, -0.2) is 4.79 Å². The first kappa shape index (κ1) is 8.86. The molecule has 1 N–H and O–H groups in total. The van der Waals surface area contributed by atoms with Crippen molar-refractivity contribution in [2.45, 2.75) is 13.3 Å². The largest absolute Gasteiger partial charge is 0.478 e. The summed E-state index contributed by atoms with van der Waals surface area (Å²) in [6, 6.07) is 0. The van der Waals surface area contributed by atoms with E-state index in [2.05, 4.69) is 9.59 Å². The lowest BCUT2D eigenvalue weighted by atomic mass is 10.3. The lowest BCUT2D eigenvalue weighted by Gasteiger charge is -1.87. The summed E-state index contributed by atoms with van der Waals surface area (Å²) in [5.41, 5.74) is 0.845. The molecule has 1 aromatic rings. The second-order valence-corrected chi connectivity index (χ2v) is 2.89. The second-order valence-electron chi connectivity index (χ2n) is 2.11. The number of hydrogen-bond donors (Lipinski definition) is 1. The fraction of sp³-hybridized carbons (Fsp3) is 0.286. The molecule has 0 spiro atoms. The molecule has 0 saturated heterocycles. The molecule has 0 unspecified atom stereocenters. The highest BCUT2D eigenvalue weighted by Crippen LogP contribution is 2.12. The van der Waals surface area contributed by atoms with Crippen LogP contribution in [0.4, 0.5) is 0 Å². The van der Waals surface area contributed by atoms with Crippen LogP contribution in [-0.4, -0.2) is 20.7 Å². The van der Waals surface area contributed by atoms with Gasteiger partial charge in [-0.3, -0.25) is 0 Å². The highest BCUT2D eigenvalue weighted by atomic mass is 32.1. The number of carboxylic acids is 1. The highest BCUT2D eigenvalue weighted by Gasteiger charge is 2.01. The van der Waals surface area contributed by atoms with Gasteiger partial charge in [-0.1, -0.05) is 11.4 Å². The number of carboxylic acid groups (broad SMARTS) is 1. The van der Waals surface area contributed by atoms with E-state index < -0.39 is 5.97 Å². The van der Waals surface area contributed by atoms with Crippen molar-refractivity contribution in [1.29, 1.82) is 0 Å². The second kappa shape index (κ2) is 3.96. The van der Waals surface area contributed by atoms with Crippen LogP contribution in [0.3, 0.4) is 0 Å². The summed E-state index contributed by atoms with van der Waals surface area (Å²) in [5.74, 6) is -0.953. The zero-order valence-corrected chi connectivity index (χ0v) is 7.34. The molecular formula is C7H8N2O2S. The van der Waals surface area contributed by atoms with E-state index in [1.54, 1.807) is 0 Å². The molecule has 1 heterocycles. The summed E-state index contributed by atoms with van der Waals surface area (Å²) in [6.07, 6.45) is 3.38. The zero-order valence-electron chi connectivity index (χ0n) is 6.52. The van der Waals surface area contributed by atoms with Gasteiger partial charge in [-0.15, -0.1) is 5.10 Å². The number of carbonyl (C=O) groups is 1. The first-order valence-corrected chi connectivity index (χ1v) is 4.23. The standard InChI is InChI=1S/C7H8N2O2S/c1-2-5-6(12-9-8-5)3-4-7(10)11/h3-4H,2H2,1H3,(H,10,11)/b4-3+. The van der Waals surface area contributed by atoms with Gasteiger partial charge in [-0.05, 0) is 24.0 Å². The van der Waals surface area contributed by atoms with Crippen molar-refractivity contribution < 1.29 is 9.90 Å². The molecule has 0 radical (unpaired) electrons. The van der Waals surface area contributed by atoms with Crippen molar-refractivity contribution in [3.63, 3.8) is 0 Å². The molecule has 0 aliphatic carbocycles. The molecule has 0 saturated carbocycles. The molecule has 1 aromatic heterocycles. The van der Waals surface area contributed by atoms with Crippen LogP contribution in [-0.2, 0) is 11.2 Å². The molecule has 1 rings (SSSR count). The Hall–Kier alpha value is -1.23. The van der Waals surface area contributed by atoms with E-state index in [0.717, 1.165) is 23.1 Å². The maximum atomic E-state index is 10.2. The van der Waals surface area contributed by atoms with Crippen LogP contribution in [0, 0.1) is 0 Å². The molecule has 5 heteroatoms. The number of hydrogen-bond acceptors (Lipinski definition) is 4. The third-order valence-electron chi connectivity index (χ3n) is 1.30. The molecule has 0 aliphatic heterocycles. The van der Waals surface area contributed by atoms with Crippen LogP contribution in [0.1, 0.15) is 17.5 Å². The Bertz CT molecular complexity index is 306. The Kier molecular flexibility index (Phi) is 2.93. The minimum absolute atomic E-state index is 0.774. The summed E-state index contributed by atoms with van der Waals surface area (Å²) in [6.45, 7) is 1.95. The first-order valence-electron chi connectivity index (χ1n) is 3.46. The van der Waals surface area contributed by atoms with Gasteiger partial charge in [0, 0.05) is 6.08 Å². The summed E-state index contributed by atoms with van der Waals surface area (Å²) in [7, 11) is 0. The van der Waals surface area contributed by atoms with E-state index in [4.69, 9.17) is 5.11 Å². The molecule has 4 nitrogen and oxygen atoms in total. The number of aromatic nitrogens is 2. The van der Waals surface area contributed by atoms with E-state index in [1.807, 2.05) is 6.92 Å². The van der Waals surface area contributed by atoms with Crippen molar-refractivity contribution >= 4 is 23.6 Å². The van der Waals surface area contributed by atoms with E-state index in [-0.39, 0.29) is 0 Å². The zero-order chi connectivity index (χ0) is 8.97. The lowest BCUT2D eigenvalue weighted by Crippen LogP contribution is -1.87. The first-order chi connectivity index (χ1) is 5.74. The Morgan fingerprint density at radius 2 is 2.50 bits per heavy atom. The Morgan fingerprint density at radius 3 is 3.08 bits per heavy atom. The topological polar surface area (TPSA) is 63.1 Å². The van der Waals surface area contributed by atoms with Crippen LogP contribution in [0.15, 0.2) is 6.08 Å². The molecule has 0 aromatic carbocycles. The normalized spacial score (nSPS) is 10.8. The molecule has 0 aliphatic rings. The van der Waals surface area contributed by atoms with Crippen molar-refractivity contribution in [3.05, 3.63) is 16.6 Å². The quantitative estimate of drug-likeness (QED) is 0.717. The Morgan fingerprint density at radius 1 is 1.75 bits per heavy atom. The van der Waals surface area contributed by atoms with Gasteiger partial charge in [0.05, 0.1) is 10.6 Å². The van der Waals surface area contributed by atoms with Crippen molar-refractivity contribution in [3.8, 4) is 0 Å². The van der Waals surface area contributed by atoms with Crippen LogP contribution in [0.25, 0.3) is 6.08 Å². The van der Waals surface area contributed by atoms with Crippen LogP contribution in [0.2, 0.25) is 0 Å². The van der Waals surface area contributed by atoms with Gasteiger partial charge in [-0.2, -0.15) is 0 Å². The SMILES string of the molecule is CCc1nnsc1/C=C/C(=O)O. The fourth-order valence-electron chi connectivity index (χ4n) is 0.734. The summed E-state index contributed by atoms with van der Waals surface area (Å²) in [4.78, 5) is 11.0. The van der Waals surface area contributed by atoms with E-state index in [1.165, 1.54) is 17.6 Å².